The molecule has 0 aromatic heterocycles. The third-order valence-corrected chi connectivity index (χ3v) is 8.57. The zero-order chi connectivity index (χ0) is 25.1. The summed E-state index contributed by atoms with van der Waals surface area (Å²) in [5, 5.41) is 6.78. The van der Waals surface area contributed by atoms with Crippen LogP contribution in [0.1, 0.15) is 44.1 Å². The molecule has 0 unspecified atom stereocenters. The van der Waals surface area contributed by atoms with Crippen molar-refractivity contribution in [2.75, 3.05) is 39.3 Å². The molecule has 2 aliphatic heterocycles. The van der Waals surface area contributed by atoms with Crippen molar-refractivity contribution in [3.05, 3.63) is 53.1 Å². The number of nitrogens with zero attached hydrogens (tertiary/aromatic N) is 1. The predicted octanol–water partition coefficient (Wildman–Crippen LogP) is 5.22. The van der Waals surface area contributed by atoms with Crippen molar-refractivity contribution in [1.82, 2.24) is 10.2 Å². The van der Waals surface area contributed by atoms with Crippen molar-refractivity contribution in [2.45, 2.75) is 62.1 Å². The van der Waals surface area contributed by atoms with Crippen LogP contribution in [0.15, 0.2) is 42.5 Å². The zero-order valence-electron chi connectivity index (χ0n) is 21.1. The number of ether oxygens (including phenoxy) is 3. The number of halogens is 1. The van der Waals surface area contributed by atoms with Crippen LogP contribution < -0.4 is 20.1 Å². The second-order valence-electron chi connectivity index (χ2n) is 10.2. The van der Waals surface area contributed by atoms with Gasteiger partial charge in [-0.1, -0.05) is 23.7 Å². The molecule has 0 spiro atoms. The molecular weight excluding hydrogens is 478 g/mol. The van der Waals surface area contributed by atoms with Crippen molar-refractivity contribution in [3.8, 4) is 11.5 Å². The number of amides is 2. The Labute approximate surface area is 218 Å². The highest BCUT2D eigenvalue weighted by Crippen LogP contribution is 2.51. The Bertz CT molecular complexity index is 1080. The van der Waals surface area contributed by atoms with Gasteiger partial charge in [-0.3, -0.25) is 4.90 Å². The van der Waals surface area contributed by atoms with E-state index in [0.29, 0.717) is 22.8 Å². The zero-order valence-corrected chi connectivity index (χ0v) is 21.9. The van der Waals surface area contributed by atoms with Crippen LogP contribution in [-0.4, -0.2) is 63.0 Å². The summed E-state index contributed by atoms with van der Waals surface area (Å²) in [5.74, 6) is 1.52. The Kier molecular flexibility index (Phi) is 7.60. The second-order valence-corrected chi connectivity index (χ2v) is 10.6. The monoisotopic (exact) mass is 513 g/mol. The number of methoxy groups -OCH3 is 2. The molecule has 2 amide bonds. The Morgan fingerprint density at radius 3 is 2.61 bits per heavy atom. The summed E-state index contributed by atoms with van der Waals surface area (Å²) in [4.78, 5) is 15.6. The van der Waals surface area contributed by atoms with E-state index in [1.54, 1.807) is 26.4 Å². The van der Waals surface area contributed by atoms with Crippen molar-refractivity contribution >= 4 is 23.3 Å². The maximum absolute atomic E-state index is 12.8. The van der Waals surface area contributed by atoms with Gasteiger partial charge >= 0.3 is 6.03 Å². The van der Waals surface area contributed by atoms with Crippen molar-refractivity contribution in [1.29, 1.82) is 0 Å². The molecule has 2 N–H and O–H groups in total. The minimum absolute atomic E-state index is 0.0272. The Balaban J connectivity index is 1.37. The highest BCUT2D eigenvalue weighted by Gasteiger charge is 2.53. The number of hydrogen-bond acceptors (Lipinski definition) is 5. The molecule has 5 rings (SSSR count). The molecule has 1 aliphatic carbocycles. The summed E-state index contributed by atoms with van der Waals surface area (Å²) in [6, 6.07) is 14.4. The molecule has 0 bridgehead atoms. The van der Waals surface area contributed by atoms with Crippen molar-refractivity contribution < 1.29 is 19.0 Å². The van der Waals surface area contributed by atoms with Gasteiger partial charge in [0.05, 0.1) is 14.2 Å². The molecule has 3 atom stereocenters. The fourth-order valence-electron chi connectivity index (χ4n) is 6.57. The smallest absolute Gasteiger partial charge is 0.319 e. The van der Waals surface area contributed by atoms with Gasteiger partial charge in [0.15, 0.2) is 11.5 Å². The molecule has 7 nitrogen and oxygen atoms in total. The minimum Gasteiger partial charge on any atom is -0.493 e. The van der Waals surface area contributed by atoms with Gasteiger partial charge in [0, 0.05) is 47.5 Å². The number of benzene rings is 2. The van der Waals surface area contributed by atoms with E-state index in [2.05, 4.69) is 27.7 Å². The number of anilines is 1. The summed E-state index contributed by atoms with van der Waals surface area (Å²) >= 11 is 6.08. The lowest BCUT2D eigenvalue weighted by atomic mass is 9.65. The number of fused-ring (bicyclic) bond motifs is 1. The van der Waals surface area contributed by atoms with Crippen LogP contribution >= 0.6 is 11.6 Å². The highest BCUT2D eigenvalue weighted by molar-refractivity contribution is 6.30. The van der Waals surface area contributed by atoms with Crippen molar-refractivity contribution in [2.24, 2.45) is 0 Å². The average Bonchev–Trinajstić information content (AvgIpc) is 3.28. The van der Waals surface area contributed by atoms with Crippen LogP contribution in [-0.2, 0) is 10.2 Å². The summed E-state index contributed by atoms with van der Waals surface area (Å²) in [6.07, 6.45) is 6.07. The van der Waals surface area contributed by atoms with Gasteiger partial charge in [-0.05, 0) is 81.0 Å². The Hall–Kier alpha value is -2.48. The number of hydrogen-bond donors (Lipinski definition) is 2. The lowest BCUT2D eigenvalue weighted by Gasteiger charge is -2.47. The first kappa shape index (κ1) is 25.2. The maximum atomic E-state index is 12.8. The van der Waals surface area contributed by atoms with Gasteiger partial charge < -0.3 is 24.8 Å². The molecule has 36 heavy (non-hydrogen) atoms. The number of likely N-dealkylation sites (tertiary alicyclic amines) is 1. The maximum Gasteiger partial charge on any atom is 0.319 e. The van der Waals surface area contributed by atoms with Gasteiger partial charge in [-0.15, -0.1) is 0 Å². The first-order valence-corrected chi connectivity index (χ1v) is 13.3. The average molecular weight is 514 g/mol. The SMILES string of the molecule is COc1ccc([C@@]23CC[C@H](NC(=O)Nc4cccc(Cl)c4)C[C@H]2N(C2CCOCC2)CC3)cc1OC. The highest BCUT2D eigenvalue weighted by atomic mass is 35.5. The van der Waals surface area contributed by atoms with E-state index < -0.39 is 0 Å². The fraction of sp³-hybridized carbons (Fsp3) is 0.536. The third kappa shape index (κ3) is 5.01. The number of nitrogens with one attached hydrogen (secondary N) is 2. The molecule has 3 aliphatic rings. The molecule has 194 valence electrons. The van der Waals surface area contributed by atoms with Gasteiger partial charge in [0.1, 0.15) is 0 Å². The quantitative estimate of drug-likeness (QED) is 0.554. The van der Waals surface area contributed by atoms with Gasteiger partial charge in [0.25, 0.3) is 0 Å². The lowest BCUT2D eigenvalue weighted by molar-refractivity contribution is 0.0143. The predicted molar refractivity (Wildman–Crippen MR) is 141 cm³/mol. The first-order chi connectivity index (χ1) is 17.5. The normalized spacial score (nSPS) is 26.8. The molecule has 8 heteroatoms. The molecule has 2 aromatic rings. The van der Waals surface area contributed by atoms with Crippen LogP contribution in [0.5, 0.6) is 11.5 Å². The van der Waals surface area contributed by atoms with E-state index in [4.69, 9.17) is 25.8 Å². The van der Waals surface area contributed by atoms with Crippen molar-refractivity contribution in [3.63, 3.8) is 0 Å². The Morgan fingerprint density at radius 1 is 1.06 bits per heavy atom. The van der Waals surface area contributed by atoms with E-state index >= 15 is 0 Å². The Morgan fingerprint density at radius 2 is 1.86 bits per heavy atom. The first-order valence-electron chi connectivity index (χ1n) is 12.9. The molecule has 2 aromatic carbocycles. The standard InChI is InChI=1S/C28H36ClN3O4/c1-34-24-7-6-19(16-25(24)35-2)28-11-8-22(31-27(33)30-21-5-3-4-20(29)17-21)18-26(28)32(13-12-28)23-9-14-36-15-10-23/h3-7,16-17,22-23,26H,8-15,18H2,1-2H3,(H2,30,31,33)/t22-,26+,28-/m0/s1. The lowest BCUT2D eigenvalue weighted by Crippen LogP contribution is -2.55. The summed E-state index contributed by atoms with van der Waals surface area (Å²) in [5.41, 5.74) is 2.03. The third-order valence-electron chi connectivity index (χ3n) is 8.34. The largest absolute Gasteiger partial charge is 0.493 e. The van der Waals surface area contributed by atoms with E-state index in [9.17, 15) is 4.79 Å². The van der Waals surface area contributed by atoms with E-state index in [1.165, 1.54) is 5.56 Å². The minimum atomic E-state index is -0.184. The molecule has 1 saturated carbocycles. The van der Waals surface area contributed by atoms with Gasteiger partial charge in [-0.2, -0.15) is 0 Å². The number of carbonyl (C=O) groups is 1. The molecule has 0 radical (unpaired) electrons. The molecule has 2 saturated heterocycles. The second kappa shape index (κ2) is 10.9. The number of carbonyl (C=O) groups excluding carboxylic acids is 1. The van der Waals surface area contributed by atoms with Gasteiger partial charge in [-0.25, -0.2) is 4.79 Å². The van der Waals surface area contributed by atoms with E-state index in [1.807, 2.05) is 18.2 Å². The molecule has 2 heterocycles. The van der Waals surface area contributed by atoms with E-state index in [-0.39, 0.29) is 17.5 Å². The van der Waals surface area contributed by atoms with Crippen LogP contribution in [0.4, 0.5) is 10.5 Å². The van der Waals surface area contributed by atoms with Crippen LogP contribution in [0.2, 0.25) is 5.02 Å². The van der Waals surface area contributed by atoms with Crippen LogP contribution in [0, 0.1) is 0 Å². The summed E-state index contributed by atoms with van der Waals surface area (Å²) in [6.45, 7) is 2.70. The van der Waals surface area contributed by atoms with E-state index in [0.717, 1.165) is 69.8 Å². The topological polar surface area (TPSA) is 72.1 Å². The fourth-order valence-corrected chi connectivity index (χ4v) is 6.76. The number of urea groups is 1. The van der Waals surface area contributed by atoms with Crippen LogP contribution in [0.25, 0.3) is 0 Å². The summed E-state index contributed by atoms with van der Waals surface area (Å²) < 4.78 is 16.8. The van der Waals surface area contributed by atoms with Crippen LogP contribution in [0.3, 0.4) is 0 Å². The number of rotatable bonds is 6. The molecular formula is C28H36ClN3O4. The van der Waals surface area contributed by atoms with Gasteiger partial charge in [0.2, 0.25) is 0 Å². The molecule has 3 fully saturated rings. The summed E-state index contributed by atoms with van der Waals surface area (Å²) in [7, 11) is 3.37.